The van der Waals surface area contributed by atoms with Gasteiger partial charge in [-0.25, -0.2) is 18.2 Å². The first-order chi connectivity index (χ1) is 19.0. The van der Waals surface area contributed by atoms with Crippen molar-refractivity contribution in [2.45, 2.75) is 57.2 Å². The zero-order valence-corrected chi connectivity index (χ0v) is 22.4. The van der Waals surface area contributed by atoms with E-state index < -0.39 is 54.5 Å². The van der Waals surface area contributed by atoms with Crippen molar-refractivity contribution >= 4 is 52.4 Å². The molecular formula is C29H27Cl2F3N4O3. The number of rotatable bonds is 7. The summed E-state index contributed by atoms with van der Waals surface area (Å²) < 4.78 is 41.6. The standard InChI is InChI=1S/C28H23Cl2F3N4O3.CH4/c29-16-10-11-34-23(12-16)37-22(8-9-24(37)38)27(40)36(19-5-3-4-17(31)13-19)25(20-6-1-2-7-21(20)30)26(39)35-18-14-28(32,33)15-18;/h1-7,10-13,18,22,25H,8-9,14-15H2,(H,35,39);1H4/t22-,25-;/m0./s1. The third-order valence-corrected chi connectivity index (χ3v) is 7.50. The number of hydrogen-bond donors (Lipinski definition) is 1. The van der Waals surface area contributed by atoms with E-state index in [2.05, 4.69) is 10.3 Å². The summed E-state index contributed by atoms with van der Waals surface area (Å²) >= 11 is 12.6. The molecule has 5 rings (SSSR count). The van der Waals surface area contributed by atoms with Crippen LogP contribution in [-0.4, -0.2) is 40.7 Å². The third-order valence-electron chi connectivity index (χ3n) is 6.92. The lowest BCUT2D eigenvalue weighted by molar-refractivity contribution is -0.133. The second-order valence-electron chi connectivity index (χ2n) is 9.73. The number of carbonyl (C=O) groups is 3. The minimum atomic E-state index is -2.90. The van der Waals surface area contributed by atoms with Gasteiger partial charge in [0.1, 0.15) is 23.7 Å². The van der Waals surface area contributed by atoms with Gasteiger partial charge in [-0.3, -0.25) is 24.2 Å². The van der Waals surface area contributed by atoms with Crippen molar-refractivity contribution in [2.75, 3.05) is 9.80 Å². The lowest BCUT2D eigenvalue weighted by atomic mass is 9.87. The molecule has 41 heavy (non-hydrogen) atoms. The van der Waals surface area contributed by atoms with Crippen LogP contribution in [0.2, 0.25) is 10.0 Å². The molecule has 2 fully saturated rings. The number of hydrogen-bond acceptors (Lipinski definition) is 4. The Hall–Kier alpha value is -3.63. The molecule has 2 aromatic carbocycles. The van der Waals surface area contributed by atoms with Gasteiger partial charge in [0.25, 0.3) is 11.8 Å². The number of anilines is 2. The maximum atomic E-state index is 14.5. The van der Waals surface area contributed by atoms with Gasteiger partial charge < -0.3 is 5.32 Å². The summed E-state index contributed by atoms with van der Waals surface area (Å²) in [5.74, 6) is -5.31. The molecule has 0 spiro atoms. The Morgan fingerprint density at radius 3 is 2.46 bits per heavy atom. The smallest absolute Gasteiger partial charge is 0.252 e. The van der Waals surface area contributed by atoms with Crippen LogP contribution in [0.1, 0.15) is 44.7 Å². The predicted molar refractivity (Wildman–Crippen MR) is 151 cm³/mol. The zero-order chi connectivity index (χ0) is 28.6. The summed E-state index contributed by atoms with van der Waals surface area (Å²) in [6, 6.07) is 10.9. The molecule has 1 saturated carbocycles. The molecular weight excluding hydrogens is 580 g/mol. The fourth-order valence-corrected chi connectivity index (χ4v) is 5.45. The van der Waals surface area contributed by atoms with E-state index in [1.807, 2.05) is 0 Å². The molecule has 2 aliphatic rings. The summed E-state index contributed by atoms with van der Waals surface area (Å²) in [4.78, 5) is 47.6. The summed E-state index contributed by atoms with van der Waals surface area (Å²) in [6.45, 7) is 0. The first-order valence-corrected chi connectivity index (χ1v) is 13.2. The summed E-state index contributed by atoms with van der Waals surface area (Å²) in [6.07, 6.45) is 0.398. The van der Waals surface area contributed by atoms with E-state index in [-0.39, 0.29) is 48.3 Å². The van der Waals surface area contributed by atoms with Gasteiger partial charge in [-0.05, 0) is 42.8 Å². The molecule has 0 bridgehead atoms. The first-order valence-electron chi connectivity index (χ1n) is 12.5. The van der Waals surface area contributed by atoms with E-state index in [4.69, 9.17) is 23.2 Å². The molecule has 7 nitrogen and oxygen atoms in total. The van der Waals surface area contributed by atoms with E-state index in [1.54, 1.807) is 12.1 Å². The number of alkyl halides is 2. The lowest BCUT2D eigenvalue weighted by Gasteiger charge is -2.39. The molecule has 1 saturated heterocycles. The van der Waals surface area contributed by atoms with Crippen molar-refractivity contribution in [3.63, 3.8) is 0 Å². The summed E-state index contributed by atoms with van der Waals surface area (Å²) in [7, 11) is 0. The van der Waals surface area contributed by atoms with Crippen molar-refractivity contribution in [3.8, 4) is 0 Å². The molecule has 0 unspecified atom stereocenters. The molecule has 1 aliphatic heterocycles. The number of carbonyl (C=O) groups excluding carboxylic acids is 3. The van der Waals surface area contributed by atoms with Crippen molar-refractivity contribution in [3.05, 3.63) is 88.3 Å². The van der Waals surface area contributed by atoms with Crippen LogP contribution in [0.4, 0.5) is 24.7 Å². The molecule has 12 heteroatoms. The Bertz CT molecular complexity index is 1470. The SMILES string of the molecule is C.O=C(NC1CC(F)(F)C1)[C@H](c1ccccc1Cl)N(C(=O)[C@@H]1CCC(=O)N1c1cc(Cl)ccn1)c1cccc(F)c1. The van der Waals surface area contributed by atoms with Crippen LogP contribution in [-0.2, 0) is 14.4 Å². The highest BCUT2D eigenvalue weighted by molar-refractivity contribution is 6.32. The Morgan fingerprint density at radius 2 is 1.80 bits per heavy atom. The highest BCUT2D eigenvalue weighted by Crippen LogP contribution is 2.40. The fourth-order valence-electron chi connectivity index (χ4n) is 5.06. The van der Waals surface area contributed by atoms with Gasteiger partial charge in [-0.1, -0.05) is 54.9 Å². The number of benzene rings is 2. The second-order valence-corrected chi connectivity index (χ2v) is 10.6. The van der Waals surface area contributed by atoms with Crippen LogP contribution < -0.4 is 15.1 Å². The fraction of sp³-hybridized carbons (Fsp3) is 0.310. The van der Waals surface area contributed by atoms with Crippen molar-refractivity contribution in [1.82, 2.24) is 10.3 Å². The molecule has 1 aromatic heterocycles. The van der Waals surface area contributed by atoms with E-state index >= 15 is 0 Å². The summed E-state index contributed by atoms with van der Waals surface area (Å²) in [5.41, 5.74) is 0.212. The van der Waals surface area contributed by atoms with Crippen LogP contribution in [0.5, 0.6) is 0 Å². The minimum Gasteiger partial charge on any atom is -0.351 e. The topological polar surface area (TPSA) is 82.6 Å². The average Bonchev–Trinajstić information content (AvgIpc) is 3.27. The molecule has 216 valence electrons. The number of aromatic nitrogens is 1. The van der Waals surface area contributed by atoms with Crippen molar-refractivity contribution in [1.29, 1.82) is 0 Å². The number of nitrogens with one attached hydrogen (secondary N) is 1. The van der Waals surface area contributed by atoms with Gasteiger partial charge in [0.05, 0.1) is 0 Å². The molecule has 0 radical (unpaired) electrons. The largest absolute Gasteiger partial charge is 0.351 e. The second kappa shape index (κ2) is 12.1. The minimum absolute atomic E-state index is 0. The van der Waals surface area contributed by atoms with E-state index in [0.29, 0.717) is 5.02 Å². The zero-order valence-electron chi connectivity index (χ0n) is 20.9. The van der Waals surface area contributed by atoms with E-state index in [1.165, 1.54) is 53.6 Å². The van der Waals surface area contributed by atoms with Crippen LogP contribution in [0.3, 0.4) is 0 Å². The highest BCUT2D eigenvalue weighted by Gasteiger charge is 2.48. The molecule has 3 amide bonds. The third kappa shape index (κ3) is 6.33. The van der Waals surface area contributed by atoms with Gasteiger partial charge >= 0.3 is 0 Å². The van der Waals surface area contributed by atoms with Gasteiger partial charge in [-0.15, -0.1) is 0 Å². The molecule has 2 atom stereocenters. The maximum absolute atomic E-state index is 14.5. The van der Waals surface area contributed by atoms with Crippen LogP contribution >= 0.6 is 23.2 Å². The monoisotopic (exact) mass is 606 g/mol. The average molecular weight is 607 g/mol. The van der Waals surface area contributed by atoms with Crippen LogP contribution in [0.15, 0.2) is 66.9 Å². The number of amides is 3. The first kappa shape index (κ1) is 30.3. The van der Waals surface area contributed by atoms with Crippen LogP contribution in [0.25, 0.3) is 0 Å². The van der Waals surface area contributed by atoms with E-state index in [0.717, 1.165) is 11.0 Å². The van der Waals surface area contributed by atoms with E-state index in [9.17, 15) is 27.6 Å². The Kier molecular flexibility index (Phi) is 8.94. The summed E-state index contributed by atoms with van der Waals surface area (Å²) in [5, 5.41) is 3.02. The van der Waals surface area contributed by atoms with Gasteiger partial charge in [-0.2, -0.15) is 0 Å². The Morgan fingerprint density at radius 1 is 1.07 bits per heavy atom. The highest BCUT2D eigenvalue weighted by atomic mass is 35.5. The predicted octanol–water partition coefficient (Wildman–Crippen LogP) is 6.35. The van der Waals surface area contributed by atoms with Gasteiger partial charge in [0, 0.05) is 52.8 Å². The number of nitrogens with zero attached hydrogens (tertiary/aromatic N) is 3. The van der Waals surface area contributed by atoms with Gasteiger partial charge in [0.15, 0.2) is 0 Å². The number of pyridine rings is 1. The molecule has 2 heterocycles. The molecule has 3 aromatic rings. The Labute approximate surface area is 245 Å². The normalized spacial score (nSPS) is 18.7. The Balaban J connectivity index is 0.00000387. The quantitative estimate of drug-likeness (QED) is 0.340. The maximum Gasteiger partial charge on any atom is 0.252 e. The van der Waals surface area contributed by atoms with Gasteiger partial charge in [0.2, 0.25) is 11.8 Å². The lowest BCUT2D eigenvalue weighted by Crippen LogP contribution is -2.56. The van der Waals surface area contributed by atoms with Crippen molar-refractivity contribution < 1.29 is 27.6 Å². The van der Waals surface area contributed by atoms with Crippen molar-refractivity contribution in [2.24, 2.45) is 0 Å². The number of halogens is 5. The molecule has 1 N–H and O–H groups in total. The van der Waals surface area contributed by atoms with Crippen LogP contribution in [0, 0.1) is 5.82 Å². The molecule has 1 aliphatic carbocycles.